The Kier molecular flexibility index (Phi) is 5.64. The lowest BCUT2D eigenvalue weighted by Gasteiger charge is -2.33. The predicted molar refractivity (Wildman–Crippen MR) is 99.0 cm³/mol. The van der Waals surface area contributed by atoms with Gasteiger partial charge in [-0.3, -0.25) is 4.79 Å². The molecule has 0 saturated heterocycles. The van der Waals surface area contributed by atoms with Crippen molar-refractivity contribution in [2.24, 2.45) is 11.8 Å². The van der Waals surface area contributed by atoms with Crippen LogP contribution in [0.25, 0.3) is 5.65 Å². The Bertz CT molecular complexity index is 758. The van der Waals surface area contributed by atoms with Gasteiger partial charge in [-0.05, 0) is 50.2 Å². The van der Waals surface area contributed by atoms with E-state index >= 15 is 0 Å². The Hall–Kier alpha value is -1.59. The molecule has 2 heterocycles. The largest absolute Gasteiger partial charge is 0.396 e. The molecule has 25 heavy (non-hydrogen) atoms. The monoisotopic (exact) mass is 363 g/mol. The van der Waals surface area contributed by atoms with Gasteiger partial charge >= 0.3 is 0 Å². The normalized spacial score (nSPS) is 22.1. The number of nitrogens with one attached hydrogen (secondary N) is 1. The highest BCUT2D eigenvalue weighted by molar-refractivity contribution is 6.29. The van der Waals surface area contributed by atoms with Crippen LogP contribution >= 0.6 is 11.6 Å². The molecule has 1 saturated carbocycles. The number of hydrogen-bond acceptors (Lipinski definition) is 3. The zero-order chi connectivity index (χ0) is 18.0. The average Bonchev–Trinajstić information content (AvgIpc) is 2.99. The topological polar surface area (TPSA) is 66.6 Å². The number of aromatic nitrogens is 2. The number of carbonyl (C=O) groups is 1. The van der Waals surface area contributed by atoms with Gasteiger partial charge < -0.3 is 14.8 Å². The molecule has 2 N–H and O–H groups in total. The Morgan fingerprint density at radius 1 is 1.52 bits per heavy atom. The quantitative estimate of drug-likeness (QED) is 0.797. The van der Waals surface area contributed by atoms with E-state index in [1.54, 1.807) is 12.1 Å². The molecule has 0 radical (unpaired) electrons. The van der Waals surface area contributed by atoms with E-state index in [1.807, 2.05) is 17.5 Å². The van der Waals surface area contributed by atoms with E-state index in [0.717, 1.165) is 31.4 Å². The van der Waals surface area contributed by atoms with Crippen LogP contribution in [0, 0.1) is 18.8 Å². The van der Waals surface area contributed by atoms with Gasteiger partial charge in [0.15, 0.2) is 5.65 Å². The van der Waals surface area contributed by atoms with Crippen LogP contribution in [-0.2, 0) is 0 Å². The van der Waals surface area contributed by atoms with E-state index in [4.69, 9.17) is 16.7 Å². The van der Waals surface area contributed by atoms with Crippen LogP contribution in [0.2, 0.25) is 5.15 Å². The summed E-state index contributed by atoms with van der Waals surface area (Å²) in [6.07, 6.45) is 6.97. The molecule has 3 atom stereocenters. The van der Waals surface area contributed by atoms with Gasteiger partial charge in [0.05, 0.1) is 5.56 Å². The van der Waals surface area contributed by atoms with E-state index in [1.165, 1.54) is 6.42 Å². The van der Waals surface area contributed by atoms with Gasteiger partial charge in [0.1, 0.15) is 5.15 Å². The second-order valence-corrected chi connectivity index (χ2v) is 7.62. The molecule has 5 nitrogen and oxygen atoms in total. The summed E-state index contributed by atoms with van der Waals surface area (Å²) in [5.41, 5.74) is 2.12. The predicted octanol–water partition coefficient (Wildman–Crippen LogP) is 3.60. The van der Waals surface area contributed by atoms with Crippen LogP contribution in [0.4, 0.5) is 0 Å². The van der Waals surface area contributed by atoms with Gasteiger partial charge in [-0.25, -0.2) is 4.98 Å². The maximum Gasteiger partial charge on any atom is 0.255 e. The third-order valence-electron chi connectivity index (χ3n) is 5.46. The lowest BCUT2D eigenvalue weighted by Crippen LogP contribution is -2.39. The molecule has 0 aromatic carbocycles. The number of aliphatic hydroxyl groups excluding tert-OH is 1. The highest BCUT2D eigenvalue weighted by Gasteiger charge is 2.27. The Balaban J connectivity index is 1.72. The first-order chi connectivity index (χ1) is 12.0. The van der Waals surface area contributed by atoms with E-state index in [2.05, 4.69) is 17.2 Å². The maximum atomic E-state index is 12.8. The number of carbonyl (C=O) groups excluding carboxylic acids is 1. The summed E-state index contributed by atoms with van der Waals surface area (Å²) in [5, 5.41) is 12.7. The summed E-state index contributed by atoms with van der Waals surface area (Å²) in [4.78, 5) is 17.1. The van der Waals surface area contributed by atoms with Gasteiger partial charge in [-0.15, -0.1) is 0 Å². The molecule has 0 bridgehead atoms. The molecule has 136 valence electrons. The highest BCUT2D eigenvalue weighted by atomic mass is 35.5. The molecule has 2 aromatic rings. The van der Waals surface area contributed by atoms with Crippen molar-refractivity contribution in [1.82, 2.24) is 14.7 Å². The molecular formula is C19H26ClN3O2. The maximum absolute atomic E-state index is 12.8. The number of aliphatic hydroxyl groups is 1. The minimum atomic E-state index is -0.0860. The third-order valence-corrected chi connectivity index (χ3v) is 5.66. The fourth-order valence-corrected chi connectivity index (χ4v) is 4.19. The second-order valence-electron chi connectivity index (χ2n) is 7.23. The van der Waals surface area contributed by atoms with Gasteiger partial charge in [0.25, 0.3) is 5.91 Å². The van der Waals surface area contributed by atoms with Crippen molar-refractivity contribution in [1.29, 1.82) is 0 Å². The smallest absolute Gasteiger partial charge is 0.255 e. The van der Waals surface area contributed by atoms with E-state index in [0.29, 0.717) is 28.2 Å². The van der Waals surface area contributed by atoms with Crippen molar-refractivity contribution in [2.45, 2.75) is 52.0 Å². The molecule has 2 unspecified atom stereocenters. The van der Waals surface area contributed by atoms with Crippen molar-refractivity contribution >= 4 is 23.2 Å². The first kappa shape index (κ1) is 18.2. The van der Waals surface area contributed by atoms with Crippen LogP contribution in [0.1, 0.15) is 55.1 Å². The minimum absolute atomic E-state index is 0.0860. The van der Waals surface area contributed by atoms with Gasteiger partial charge in [-0.1, -0.05) is 31.4 Å². The molecule has 1 fully saturated rings. The van der Waals surface area contributed by atoms with Crippen molar-refractivity contribution in [2.75, 3.05) is 6.61 Å². The number of rotatable bonds is 5. The summed E-state index contributed by atoms with van der Waals surface area (Å²) in [5.74, 6) is 0.965. The molecule has 1 amide bonds. The van der Waals surface area contributed by atoms with Gasteiger partial charge in [0, 0.05) is 24.5 Å². The Morgan fingerprint density at radius 3 is 3.08 bits per heavy atom. The standard InChI is InChI=1S/C19H26ClN3O2/c1-12(7-9-24)14-4-3-5-15(11-14)21-19(25)16-6-8-23-13(2)10-17(20)22-18(16)23/h6,8,10,12,14-15,24H,3-5,7,9,11H2,1-2H3,(H,21,25)/t12?,14?,15-/m0/s1. The minimum Gasteiger partial charge on any atom is -0.396 e. The summed E-state index contributed by atoms with van der Waals surface area (Å²) in [7, 11) is 0. The fourth-order valence-electron chi connectivity index (χ4n) is 3.95. The summed E-state index contributed by atoms with van der Waals surface area (Å²) < 4.78 is 1.88. The van der Waals surface area contributed by atoms with Crippen molar-refractivity contribution in [3.8, 4) is 0 Å². The second kappa shape index (κ2) is 7.75. The molecule has 0 aliphatic heterocycles. The molecule has 1 aliphatic carbocycles. The molecule has 2 aromatic heterocycles. The average molecular weight is 364 g/mol. The molecular weight excluding hydrogens is 338 g/mol. The lowest BCUT2D eigenvalue weighted by atomic mass is 9.77. The Labute approximate surface area is 153 Å². The fraction of sp³-hybridized carbons (Fsp3) is 0.579. The third kappa shape index (κ3) is 3.98. The zero-order valence-corrected chi connectivity index (χ0v) is 15.6. The van der Waals surface area contributed by atoms with E-state index < -0.39 is 0 Å². The number of fused-ring (bicyclic) bond motifs is 1. The highest BCUT2D eigenvalue weighted by Crippen LogP contribution is 2.32. The number of nitrogens with zero attached hydrogens (tertiary/aromatic N) is 2. The summed E-state index contributed by atoms with van der Waals surface area (Å²) in [6, 6.07) is 3.77. The number of hydrogen-bond donors (Lipinski definition) is 2. The summed E-state index contributed by atoms with van der Waals surface area (Å²) in [6.45, 7) is 4.37. The molecule has 1 aliphatic rings. The van der Waals surface area contributed by atoms with Crippen molar-refractivity contribution in [3.05, 3.63) is 34.7 Å². The van der Waals surface area contributed by atoms with Crippen molar-refractivity contribution < 1.29 is 9.90 Å². The zero-order valence-electron chi connectivity index (χ0n) is 14.8. The van der Waals surface area contributed by atoms with E-state index in [-0.39, 0.29) is 18.6 Å². The number of halogens is 1. The van der Waals surface area contributed by atoms with E-state index in [9.17, 15) is 4.79 Å². The number of aryl methyl sites for hydroxylation is 1. The van der Waals surface area contributed by atoms with Crippen LogP contribution in [0.3, 0.4) is 0 Å². The summed E-state index contributed by atoms with van der Waals surface area (Å²) >= 11 is 6.06. The molecule has 6 heteroatoms. The van der Waals surface area contributed by atoms with Gasteiger partial charge in [-0.2, -0.15) is 0 Å². The first-order valence-electron chi connectivity index (χ1n) is 9.05. The molecule has 0 spiro atoms. The van der Waals surface area contributed by atoms with Crippen LogP contribution in [0.5, 0.6) is 0 Å². The van der Waals surface area contributed by atoms with Gasteiger partial charge in [0.2, 0.25) is 0 Å². The van der Waals surface area contributed by atoms with Crippen LogP contribution in [-0.4, -0.2) is 33.0 Å². The SMILES string of the molecule is Cc1cc(Cl)nc2c(C(=O)N[C@H]3CCCC(C(C)CCO)C3)ccn12. The van der Waals surface area contributed by atoms with Crippen molar-refractivity contribution in [3.63, 3.8) is 0 Å². The lowest BCUT2D eigenvalue weighted by molar-refractivity contribution is 0.0908. The van der Waals surface area contributed by atoms with Crippen LogP contribution in [0.15, 0.2) is 18.3 Å². The number of amides is 1. The first-order valence-corrected chi connectivity index (χ1v) is 9.43. The molecule has 3 rings (SSSR count). The Morgan fingerprint density at radius 2 is 2.32 bits per heavy atom. The van der Waals surface area contributed by atoms with Crippen LogP contribution < -0.4 is 5.32 Å².